The van der Waals surface area contributed by atoms with Crippen LogP contribution in [0, 0.1) is 12.8 Å². The molecule has 1 aromatic heterocycles. The van der Waals surface area contributed by atoms with Crippen molar-refractivity contribution in [2.24, 2.45) is 11.7 Å². The van der Waals surface area contributed by atoms with Crippen LogP contribution in [-0.4, -0.2) is 10.8 Å². The van der Waals surface area contributed by atoms with Gasteiger partial charge in [-0.05, 0) is 79.1 Å². The molecule has 2 N–H and O–H groups in total. The minimum Gasteiger partial charge on any atom is -0.404 e. The highest BCUT2D eigenvalue weighted by Gasteiger charge is 2.29. The lowest BCUT2D eigenvalue weighted by Crippen LogP contribution is -2.12. The van der Waals surface area contributed by atoms with Crippen molar-refractivity contribution in [2.75, 3.05) is 0 Å². The molecule has 4 rings (SSSR count). The van der Waals surface area contributed by atoms with Gasteiger partial charge in [0.1, 0.15) is 0 Å². The number of benzene rings is 1. The lowest BCUT2D eigenvalue weighted by molar-refractivity contribution is -0.117. The Morgan fingerprint density at radius 3 is 2.86 bits per heavy atom. The van der Waals surface area contributed by atoms with Crippen LogP contribution in [0.2, 0.25) is 0 Å². The van der Waals surface area contributed by atoms with Crippen LogP contribution >= 0.6 is 0 Å². The molecule has 3 heteroatoms. The normalized spacial score (nSPS) is 20.7. The molecular weight excluding hydrogens is 272 g/mol. The molecule has 2 aliphatic rings. The van der Waals surface area contributed by atoms with Crippen molar-refractivity contribution in [3.8, 4) is 0 Å². The third-order valence-corrected chi connectivity index (χ3v) is 5.11. The van der Waals surface area contributed by atoms with Crippen LogP contribution in [0.1, 0.15) is 41.1 Å². The highest BCUT2D eigenvalue weighted by molar-refractivity contribution is 5.94. The van der Waals surface area contributed by atoms with Gasteiger partial charge in [0, 0.05) is 29.1 Å². The van der Waals surface area contributed by atoms with Gasteiger partial charge in [-0.15, -0.1) is 0 Å². The Morgan fingerprint density at radius 1 is 1.32 bits per heavy atom. The van der Waals surface area contributed by atoms with E-state index in [1.807, 2.05) is 6.20 Å². The maximum absolute atomic E-state index is 12.1. The second-order valence-electron chi connectivity index (χ2n) is 6.61. The number of pyridine rings is 1. The minimum absolute atomic E-state index is 0.0428. The van der Waals surface area contributed by atoms with E-state index < -0.39 is 0 Å². The van der Waals surface area contributed by atoms with E-state index in [9.17, 15) is 4.79 Å². The molecule has 1 fully saturated rings. The topological polar surface area (TPSA) is 56.0 Å². The number of carbonyl (C=O) groups excluding carboxylic acids is 1. The number of fused-ring (bicyclic) bond motifs is 2. The Bertz CT molecular complexity index is 803. The predicted molar refractivity (Wildman–Crippen MR) is 87.7 cm³/mol. The summed E-state index contributed by atoms with van der Waals surface area (Å²) in [5.74, 6) is 0.848. The van der Waals surface area contributed by atoms with Gasteiger partial charge in [-0.3, -0.25) is 9.78 Å². The van der Waals surface area contributed by atoms with E-state index in [1.54, 1.807) is 0 Å². The average Bonchev–Trinajstić information content (AvgIpc) is 3.27. The molecule has 3 nitrogen and oxygen atoms in total. The van der Waals surface area contributed by atoms with Gasteiger partial charge in [0.2, 0.25) is 0 Å². The molecule has 0 spiro atoms. The smallest absolute Gasteiger partial charge is 0.160 e. The summed E-state index contributed by atoms with van der Waals surface area (Å²) in [6.07, 6.45) is 9.04. The average molecular weight is 292 g/mol. The second-order valence-corrected chi connectivity index (χ2v) is 6.61. The summed E-state index contributed by atoms with van der Waals surface area (Å²) < 4.78 is 0. The van der Waals surface area contributed by atoms with Gasteiger partial charge in [-0.25, -0.2) is 0 Å². The van der Waals surface area contributed by atoms with Gasteiger partial charge >= 0.3 is 0 Å². The lowest BCUT2D eigenvalue weighted by Gasteiger charge is -2.10. The van der Waals surface area contributed by atoms with Gasteiger partial charge in [0.25, 0.3) is 0 Å². The van der Waals surface area contributed by atoms with Crippen LogP contribution in [0.4, 0.5) is 0 Å². The van der Waals surface area contributed by atoms with E-state index in [0.717, 1.165) is 12.8 Å². The highest BCUT2D eigenvalue weighted by atomic mass is 16.1. The fraction of sp³-hybridized carbons (Fsp3) is 0.368. The van der Waals surface area contributed by atoms with Crippen molar-refractivity contribution in [3.63, 3.8) is 0 Å². The summed E-state index contributed by atoms with van der Waals surface area (Å²) in [6.45, 7) is 2.18. The third-order valence-electron chi connectivity index (χ3n) is 5.11. The molecule has 0 aliphatic heterocycles. The summed E-state index contributed by atoms with van der Waals surface area (Å²) >= 11 is 0. The minimum atomic E-state index is 0.0428. The Kier molecular flexibility index (Phi) is 3.03. The third kappa shape index (κ3) is 2.12. The lowest BCUT2D eigenvalue weighted by atomic mass is 9.96. The highest BCUT2D eigenvalue weighted by Crippen LogP contribution is 2.41. The summed E-state index contributed by atoms with van der Waals surface area (Å²) in [7, 11) is 0. The molecule has 0 bridgehead atoms. The van der Waals surface area contributed by atoms with Crippen molar-refractivity contribution < 1.29 is 4.79 Å². The molecule has 1 saturated carbocycles. The van der Waals surface area contributed by atoms with Crippen molar-refractivity contribution in [1.82, 2.24) is 4.98 Å². The van der Waals surface area contributed by atoms with Crippen LogP contribution < -0.4 is 5.73 Å². The summed E-state index contributed by atoms with van der Waals surface area (Å²) in [6, 6.07) is 4.48. The van der Waals surface area contributed by atoms with Gasteiger partial charge in [-0.2, -0.15) is 0 Å². The van der Waals surface area contributed by atoms with Gasteiger partial charge in [0.15, 0.2) is 5.78 Å². The van der Waals surface area contributed by atoms with Gasteiger partial charge in [0.05, 0.1) is 0 Å². The summed E-state index contributed by atoms with van der Waals surface area (Å²) in [5, 5.41) is 2.50. The molecule has 1 atom stereocenters. The van der Waals surface area contributed by atoms with Crippen molar-refractivity contribution in [2.45, 2.75) is 38.5 Å². The molecular formula is C19H20N2O. The fourth-order valence-electron chi connectivity index (χ4n) is 3.68. The van der Waals surface area contributed by atoms with Crippen LogP contribution in [0.25, 0.3) is 10.8 Å². The summed E-state index contributed by atoms with van der Waals surface area (Å²) in [4.78, 5) is 16.7. The summed E-state index contributed by atoms with van der Waals surface area (Å²) in [5.41, 5.74) is 10.6. The van der Waals surface area contributed by atoms with Crippen LogP contribution in [0.5, 0.6) is 0 Å². The molecule has 112 valence electrons. The van der Waals surface area contributed by atoms with Crippen molar-refractivity contribution in [1.29, 1.82) is 0 Å². The van der Waals surface area contributed by atoms with Gasteiger partial charge < -0.3 is 5.73 Å². The van der Waals surface area contributed by atoms with Crippen LogP contribution in [-0.2, 0) is 17.6 Å². The van der Waals surface area contributed by atoms with Crippen LogP contribution in [0.15, 0.2) is 30.6 Å². The van der Waals surface area contributed by atoms with Crippen molar-refractivity contribution >= 4 is 16.6 Å². The second kappa shape index (κ2) is 4.94. The standard InChI is InChI=1S/C19H20N2O/c1-11-16-8-14(19(22)4-5-20)6-13(16)7-15-10-21-18(9-17(11)15)12-2-3-12/h4-5,7,9-10,12,14H,2-3,6,8,20H2,1H3. The van der Waals surface area contributed by atoms with E-state index in [2.05, 4.69) is 24.0 Å². The quantitative estimate of drug-likeness (QED) is 0.884. The number of allylic oxidation sites excluding steroid dienone is 1. The number of carbonyl (C=O) groups is 1. The van der Waals surface area contributed by atoms with Crippen LogP contribution in [0.3, 0.4) is 0 Å². The zero-order chi connectivity index (χ0) is 15.3. The maximum atomic E-state index is 12.1. The molecule has 22 heavy (non-hydrogen) atoms. The number of hydrogen-bond acceptors (Lipinski definition) is 3. The number of hydrogen-bond donors (Lipinski definition) is 1. The Labute approximate surface area is 130 Å². The van der Waals surface area contributed by atoms with E-state index in [0.29, 0.717) is 5.92 Å². The fourth-order valence-corrected chi connectivity index (χ4v) is 3.68. The first-order valence-electron chi connectivity index (χ1n) is 8.00. The van der Waals surface area contributed by atoms with E-state index in [1.165, 1.54) is 58.3 Å². The zero-order valence-electron chi connectivity index (χ0n) is 12.8. The number of aromatic nitrogens is 1. The molecule has 1 aromatic carbocycles. The Morgan fingerprint density at radius 2 is 2.14 bits per heavy atom. The first kappa shape index (κ1) is 13.5. The molecule has 1 heterocycles. The van der Waals surface area contributed by atoms with E-state index in [4.69, 9.17) is 5.73 Å². The number of nitrogens with zero attached hydrogens (tertiary/aromatic N) is 1. The maximum Gasteiger partial charge on any atom is 0.160 e. The monoisotopic (exact) mass is 292 g/mol. The largest absolute Gasteiger partial charge is 0.404 e. The van der Waals surface area contributed by atoms with Crippen molar-refractivity contribution in [3.05, 3.63) is 53.0 Å². The molecule has 0 amide bonds. The molecule has 0 saturated heterocycles. The first-order chi connectivity index (χ1) is 10.7. The van der Waals surface area contributed by atoms with E-state index in [-0.39, 0.29) is 11.7 Å². The molecule has 2 aliphatic carbocycles. The molecule has 0 radical (unpaired) electrons. The van der Waals surface area contributed by atoms with Gasteiger partial charge in [-0.1, -0.05) is 0 Å². The number of ketones is 1. The Hall–Kier alpha value is -2.16. The number of nitrogens with two attached hydrogens (primary N) is 1. The first-order valence-corrected chi connectivity index (χ1v) is 8.00. The molecule has 2 aromatic rings. The Balaban J connectivity index is 1.77. The number of rotatable bonds is 3. The van der Waals surface area contributed by atoms with E-state index >= 15 is 0 Å². The molecule has 1 unspecified atom stereocenters. The SMILES string of the molecule is Cc1c2c(cc3cnc(C4CC4)cc13)CC(C(=O)C=CN)C2. The predicted octanol–water partition coefficient (Wildman–Crippen LogP) is 3.18. The zero-order valence-corrected chi connectivity index (χ0v) is 12.8. The number of aryl methyl sites for hydroxylation is 1.